The summed E-state index contributed by atoms with van der Waals surface area (Å²) in [7, 11) is -1.53. The summed E-state index contributed by atoms with van der Waals surface area (Å²) in [5, 5.41) is 33.8. The Morgan fingerprint density at radius 3 is 1.07 bits per heavy atom. The van der Waals surface area contributed by atoms with E-state index in [1.165, 1.54) is 0 Å². The molecule has 3 N–H and O–H groups in total. The van der Waals surface area contributed by atoms with Gasteiger partial charge in [-0.15, -0.1) is 0 Å². The first-order valence-electron chi connectivity index (χ1n) is 15.4. The van der Waals surface area contributed by atoms with Crippen LogP contribution in [0.4, 0.5) is 0 Å². The summed E-state index contributed by atoms with van der Waals surface area (Å²) < 4.78 is 19.8. The lowest BCUT2D eigenvalue weighted by Gasteiger charge is -2.53. The molecule has 3 fully saturated rings. The van der Waals surface area contributed by atoms with E-state index < -0.39 is 25.9 Å². The lowest BCUT2D eigenvalue weighted by atomic mass is 9.58. The standard InChI is InChI=1S/C37H49O6P/c1-20-14-30(38)27(33(5,6)7)17-24(20)36(37-23(4)41-44(42-37)43-37,25-18-28(34(8,9)10)31(39)15-21(25)2)26-19-29(35(11,12)13)32(40)16-22(26)3/h14-19,23,38-40H,1-13H3. The van der Waals surface area contributed by atoms with Crippen molar-refractivity contribution < 1.29 is 28.9 Å². The molecule has 6 rings (SSSR count). The van der Waals surface area contributed by atoms with Gasteiger partial charge in [-0.1, -0.05) is 62.3 Å². The number of hydrogen-bond acceptors (Lipinski definition) is 6. The number of benzene rings is 3. The summed E-state index contributed by atoms with van der Waals surface area (Å²) in [6.45, 7) is 26.8. The summed E-state index contributed by atoms with van der Waals surface area (Å²) in [5.41, 5.74) is 5.47. The fourth-order valence-electron chi connectivity index (χ4n) is 7.15. The van der Waals surface area contributed by atoms with Crippen LogP contribution in [0.15, 0.2) is 36.4 Å². The van der Waals surface area contributed by atoms with Crippen molar-refractivity contribution in [2.24, 2.45) is 0 Å². The van der Waals surface area contributed by atoms with E-state index in [0.717, 1.165) is 50.1 Å². The van der Waals surface area contributed by atoms with E-state index in [9.17, 15) is 15.3 Å². The Bertz CT molecular complexity index is 1460. The van der Waals surface area contributed by atoms with Crippen molar-refractivity contribution >= 4 is 8.60 Å². The first kappa shape index (κ1) is 32.8. The van der Waals surface area contributed by atoms with E-state index in [1.807, 2.05) is 45.9 Å². The number of rotatable bonds is 4. The van der Waals surface area contributed by atoms with Crippen molar-refractivity contribution in [2.45, 2.75) is 124 Å². The van der Waals surface area contributed by atoms with Crippen LogP contribution in [0.5, 0.6) is 17.2 Å². The van der Waals surface area contributed by atoms with Crippen molar-refractivity contribution in [2.75, 3.05) is 0 Å². The van der Waals surface area contributed by atoms with E-state index in [4.69, 9.17) is 13.6 Å². The molecule has 0 aromatic heterocycles. The highest BCUT2D eigenvalue weighted by atomic mass is 31.2. The molecule has 3 aliphatic rings. The van der Waals surface area contributed by atoms with Crippen LogP contribution in [0, 0.1) is 20.8 Å². The van der Waals surface area contributed by atoms with Crippen LogP contribution in [-0.2, 0) is 35.2 Å². The summed E-state index contributed by atoms with van der Waals surface area (Å²) in [6, 6.07) is 11.8. The van der Waals surface area contributed by atoms with Crippen LogP contribution in [0.2, 0.25) is 0 Å². The van der Waals surface area contributed by atoms with Gasteiger partial charge in [-0.2, -0.15) is 0 Å². The Kier molecular flexibility index (Phi) is 7.58. The monoisotopic (exact) mass is 620 g/mol. The summed E-state index contributed by atoms with van der Waals surface area (Å²) in [6.07, 6.45) is -0.447. The lowest BCUT2D eigenvalue weighted by Crippen LogP contribution is -2.62. The highest BCUT2D eigenvalue weighted by Crippen LogP contribution is 2.76. The van der Waals surface area contributed by atoms with Gasteiger partial charge < -0.3 is 19.8 Å². The van der Waals surface area contributed by atoms with Gasteiger partial charge in [0.15, 0.2) is 0 Å². The SMILES string of the molecule is Cc1cc(O)c(C(C)(C)C)cc1C(c1cc(C(C)(C)C)c(O)cc1C)(c1cc(C(C)(C)C)c(O)cc1C)C12OP(OC1C)O2. The molecule has 1 atom stereocenters. The van der Waals surface area contributed by atoms with Gasteiger partial charge in [0.05, 0.1) is 0 Å². The van der Waals surface area contributed by atoms with E-state index in [2.05, 4.69) is 80.5 Å². The lowest BCUT2D eigenvalue weighted by molar-refractivity contribution is -0.200. The first-order valence-corrected chi connectivity index (χ1v) is 16.5. The molecule has 3 aliphatic heterocycles. The van der Waals surface area contributed by atoms with Crippen LogP contribution in [0.1, 0.15) is 119 Å². The molecule has 6 nitrogen and oxygen atoms in total. The molecule has 3 aromatic carbocycles. The Labute approximate surface area is 264 Å². The maximum absolute atomic E-state index is 11.3. The fourth-order valence-corrected chi connectivity index (χ4v) is 8.66. The Morgan fingerprint density at radius 2 is 0.841 bits per heavy atom. The minimum atomic E-state index is -1.53. The minimum absolute atomic E-state index is 0.231. The molecule has 3 heterocycles. The van der Waals surface area contributed by atoms with Gasteiger partial charge in [0, 0.05) is 0 Å². The van der Waals surface area contributed by atoms with Gasteiger partial charge in [0.25, 0.3) is 0 Å². The van der Waals surface area contributed by atoms with Gasteiger partial charge >= 0.3 is 8.60 Å². The van der Waals surface area contributed by atoms with E-state index >= 15 is 0 Å². The number of hydrogen-bond donors (Lipinski definition) is 3. The molecular weight excluding hydrogens is 571 g/mol. The van der Waals surface area contributed by atoms with Gasteiger partial charge in [0.2, 0.25) is 5.79 Å². The average molecular weight is 621 g/mol. The molecule has 44 heavy (non-hydrogen) atoms. The van der Waals surface area contributed by atoms with Crippen LogP contribution >= 0.6 is 8.60 Å². The van der Waals surface area contributed by atoms with Crippen molar-refractivity contribution in [1.29, 1.82) is 0 Å². The first-order chi connectivity index (χ1) is 20.1. The zero-order valence-electron chi connectivity index (χ0n) is 28.6. The Hall–Kier alpha value is -2.63. The quantitative estimate of drug-likeness (QED) is 0.199. The largest absolute Gasteiger partial charge is 0.508 e. The van der Waals surface area contributed by atoms with Gasteiger partial charge in [-0.3, -0.25) is 9.05 Å². The van der Waals surface area contributed by atoms with Crippen LogP contribution in [0.3, 0.4) is 0 Å². The topological polar surface area (TPSA) is 88.4 Å². The second-order valence-electron chi connectivity index (χ2n) is 15.9. The molecule has 0 saturated carbocycles. The summed E-state index contributed by atoms with van der Waals surface area (Å²) >= 11 is 0. The normalized spacial score (nSPS) is 22.3. The van der Waals surface area contributed by atoms with Crippen LogP contribution in [-0.4, -0.2) is 27.2 Å². The number of fused-ring (bicyclic) bond motifs is 1. The van der Waals surface area contributed by atoms with Gasteiger partial charge in [0.1, 0.15) is 28.8 Å². The van der Waals surface area contributed by atoms with Crippen molar-refractivity contribution in [1.82, 2.24) is 0 Å². The Balaban J connectivity index is 2.10. The zero-order valence-corrected chi connectivity index (χ0v) is 29.4. The molecule has 0 spiro atoms. The Morgan fingerprint density at radius 1 is 0.545 bits per heavy atom. The number of phenolic OH excluding ortho intramolecular Hbond substituents is 3. The summed E-state index contributed by atoms with van der Waals surface area (Å²) in [5.74, 6) is -0.568. The summed E-state index contributed by atoms with van der Waals surface area (Å²) in [4.78, 5) is 0. The highest BCUT2D eigenvalue weighted by molar-refractivity contribution is 7.43. The molecule has 3 aromatic rings. The second kappa shape index (κ2) is 10.2. The molecule has 2 bridgehead atoms. The van der Waals surface area contributed by atoms with Crippen molar-refractivity contribution in [3.05, 3.63) is 86.5 Å². The third-order valence-electron chi connectivity index (χ3n) is 9.39. The fraction of sp³-hybridized carbons (Fsp3) is 0.514. The minimum Gasteiger partial charge on any atom is -0.508 e. The molecular formula is C37H49O6P. The molecule has 238 valence electrons. The predicted octanol–water partition coefficient (Wildman–Crippen LogP) is 9.34. The van der Waals surface area contributed by atoms with Crippen molar-refractivity contribution in [3.63, 3.8) is 0 Å². The van der Waals surface area contributed by atoms with Crippen molar-refractivity contribution in [3.8, 4) is 17.2 Å². The maximum Gasteiger partial charge on any atom is 0.338 e. The van der Waals surface area contributed by atoms with Gasteiger partial charge in [-0.05, 0) is 130 Å². The molecule has 7 heteroatoms. The van der Waals surface area contributed by atoms with Crippen LogP contribution < -0.4 is 0 Å². The van der Waals surface area contributed by atoms with Crippen LogP contribution in [0.25, 0.3) is 0 Å². The predicted molar refractivity (Wildman–Crippen MR) is 177 cm³/mol. The number of aromatic hydroxyl groups is 3. The van der Waals surface area contributed by atoms with Gasteiger partial charge in [-0.25, -0.2) is 0 Å². The number of phenols is 3. The van der Waals surface area contributed by atoms with E-state index in [-0.39, 0.29) is 33.5 Å². The molecule has 0 amide bonds. The third kappa shape index (κ3) is 4.76. The van der Waals surface area contributed by atoms with E-state index in [1.54, 1.807) is 0 Å². The smallest absolute Gasteiger partial charge is 0.338 e. The molecule has 0 aliphatic carbocycles. The molecule has 1 unspecified atom stereocenters. The highest BCUT2D eigenvalue weighted by Gasteiger charge is 2.75. The molecule has 3 saturated heterocycles. The molecule has 0 radical (unpaired) electrons. The average Bonchev–Trinajstić information content (AvgIpc) is 3.32. The maximum atomic E-state index is 11.3. The second-order valence-corrected chi connectivity index (χ2v) is 16.9. The third-order valence-corrected chi connectivity index (χ3v) is 10.7. The number of aryl methyl sites for hydroxylation is 3. The van der Waals surface area contributed by atoms with E-state index in [0.29, 0.717) is 0 Å². The zero-order chi connectivity index (χ0) is 32.9.